The molecule has 1 aromatic rings. The number of carbonyl (C=O) groups is 1. The largest absolute Gasteiger partial charge is 0.419 e. The van der Waals surface area contributed by atoms with Gasteiger partial charge in [-0.05, 0) is 24.1 Å². The lowest BCUT2D eigenvalue weighted by molar-refractivity contribution is -0.140. The summed E-state index contributed by atoms with van der Waals surface area (Å²) in [4.78, 5) is 11.2. The second kappa shape index (κ2) is 4.49. The van der Waals surface area contributed by atoms with Crippen LogP contribution in [-0.4, -0.2) is 10.2 Å². The number of carbonyl (C=O) groups excluding carboxylic acids is 1. The smallest absolute Gasteiger partial charge is 0.369 e. The minimum Gasteiger partial charge on any atom is -0.369 e. The summed E-state index contributed by atoms with van der Waals surface area (Å²) in [5.41, 5.74) is 3.52. The minimum absolute atomic E-state index is 0.0463. The van der Waals surface area contributed by atoms with E-state index in [2.05, 4.69) is 0 Å². The molecule has 1 fully saturated rings. The summed E-state index contributed by atoms with van der Waals surface area (Å²) in [6.45, 7) is 1.19. The quantitative estimate of drug-likeness (QED) is 0.654. The lowest BCUT2D eigenvalue weighted by Crippen LogP contribution is -2.16. The van der Waals surface area contributed by atoms with Gasteiger partial charge in [-0.15, -0.1) is 23.2 Å². The molecule has 2 atom stereocenters. The summed E-state index contributed by atoms with van der Waals surface area (Å²) >= 11 is 11.7. The fraction of sp³-hybridized carbons (Fsp3) is 0.417. The third-order valence-electron chi connectivity index (χ3n) is 3.30. The van der Waals surface area contributed by atoms with Gasteiger partial charge in [0.05, 0.1) is 11.5 Å². The predicted molar refractivity (Wildman–Crippen MR) is 66.0 cm³/mol. The van der Waals surface area contributed by atoms with Crippen LogP contribution in [0.5, 0.6) is 0 Å². The molecule has 0 bridgehead atoms. The van der Waals surface area contributed by atoms with Crippen molar-refractivity contribution in [3.8, 4) is 0 Å². The number of hydrogen-bond donors (Lipinski definition) is 1. The topological polar surface area (TPSA) is 43.1 Å². The van der Waals surface area contributed by atoms with Gasteiger partial charge < -0.3 is 5.73 Å². The molecule has 0 spiro atoms. The Kier molecular flexibility index (Phi) is 3.46. The Labute approximate surface area is 121 Å². The number of primary amides is 1. The molecule has 0 aromatic heterocycles. The van der Waals surface area contributed by atoms with E-state index in [1.54, 1.807) is 0 Å². The Morgan fingerprint density at radius 3 is 2.30 bits per heavy atom. The number of amides is 1. The summed E-state index contributed by atoms with van der Waals surface area (Å²) in [5, 5.41) is 0. The molecule has 1 aliphatic carbocycles. The van der Waals surface area contributed by atoms with Crippen molar-refractivity contribution in [3.05, 3.63) is 34.6 Å². The first-order valence-corrected chi connectivity index (χ1v) is 6.28. The lowest BCUT2D eigenvalue weighted by Gasteiger charge is -2.12. The standard InChI is InChI=1S/C12H9Cl2F4NO/c1-4-2-5(3-6(9(4)15)12(16,17)18)7-8(10(19)20)11(7,13)14/h2-3,7-8H,1H3,(H2,19,20)/t7-,8-/m1/s1. The summed E-state index contributed by atoms with van der Waals surface area (Å²) in [7, 11) is 0. The molecule has 0 aliphatic heterocycles. The van der Waals surface area contributed by atoms with Crippen molar-refractivity contribution in [2.24, 2.45) is 11.7 Å². The highest BCUT2D eigenvalue weighted by molar-refractivity contribution is 6.53. The Morgan fingerprint density at radius 2 is 1.90 bits per heavy atom. The number of nitrogens with two attached hydrogens (primary N) is 1. The molecule has 2 rings (SSSR count). The van der Waals surface area contributed by atoms with Crippen LogP contribution < -0.4 is 5.73 Å². The number of halogens is 6. The van der Waals surface area contributed by atoms with Crippen LogP contribution in [0.15, 0.2) is 12.1 Å². The Hall–Kier alpha value is -1.01. The summed E-state index contributed by atoms with van der Waals surface area (Å²) < 4.78 is 50.2. The molecule has 110 valence electrons. The molecule has 1 saturated carbocycles. The van der Waals surface area contributed by atoms with Crippen molar-refractivity contribution in [1.82, 2.24) is 0 Å². The zero-order valence-corrected chi connectivity index (χ0v) is 11.6. The molecule has 0 radical (unpaired) electrons. The number of aryl methyl sites for hydroxylation is 1. The first kappa shape index (κ1) is 15.4. The van der Waals surface area contributed by atoms with Gasteiger partial charge in [0.15, 0.2) is 0 Å². The lowest BCUT2D eigenvalue weighted by atomic mass is 10.0. The summed E-state index contributed by atoms with van der Waals surface area (Å²) in [5.74, 6) is -4.02. The summed E-state index contributed by atoms with van der Waals surface area (Å²) in [6.07, 6.45) is -4.84. The monoisotopic (exact) mass is 329 g/mol. The van der Waals surface area contributed by atoms with Crippen LogP contribution in [0, 0.1) is 18.7 Å². The molecule has 0 unspecified atom stereocenters. The molecule has 1 aliphatic rings. The SMILES string of the molecule is Cc1cc([C@@H]2[C@H](C(N)=O)C2(Cl)Cl)cc(C(F)(F)F)c1F. The molecule has 2 nitrogen and oxygen atoms in total. The van der Waals surface area contributed by atoms with Crippen LogP contribution in [0.1, 0.15) is 22.6 Å². The highest BCUT2D eigenvalue weighted by atomic mass is 35.5. The van der Waals surface area contributed by atoms with Crippen molar-refractivity contribution in [3.63, 3.8) is 0 Å². The molecular weight excluding hydrogens is 321 g/mol. The zero-order chi connectivity index (χ0) is 15.5. The van der Waals surface area contributed by atoms with E-state index < -0.39 is 39.6 Å². The van der Waals surface area contributed by atoms with E-state index in [1.807, 2.05) is 0 Å². The fourth-order valence-electron chi connectivity index (χ4n) is 2.28. The van der Waals surface area contributed by atoms with Crippen LogP contribution in [0.2, 0.25) is 0 Å². The Balaban J connectivity index is 2.51. The third kappa shape index (κ3) is 2.35. The van der Waals surface area contributed by atoms with Crippen molar-refractivity contribution >= 4 is 29.1 Å². The summed E-state index contributed by atoms with van der Waals surface area (Å²) in [6, 6.07) is 1.81. The van der Waals surface area contributed by atoms with Crippen LogP contribution in [0.4, 0.5) is 17.6 Å². The van der Waals surface area contributed by atoms with E-state index in [4.69, 9.17) is 28.9 Å². The van der Waals surface area contributed by atoms with E-state index in [1.165, 1.54) is 13.0 Å². The van der Waals surface area contributed by atoms with Gasteiger partial charge in [0, 0.05) is 5.92 Å². The van der Waals surface area contributed by atoms with Gasteiger partial charge in [0.25, 0.3) is 0 Å². The highest BCUT2D eigenvalue weighted by Crippen LogP contribution is 2.65. The number of alkyl halides is 5. The van der Waals surface area contributed by atoms with Crippen LogP contribution in [-0.2, 0) is 11.0 Å². The van der Waals surface area contributed by atoms with Crippen molar-refractivity contribution in [2.75, 3.05) is 0 Å². The van der Waals surface area contributed by atoms with E-state index in [9.17, 15) is 22.4 Å². The molecule has 2 N–H and O–H groups in total. The second-order valence-corrected chi connectivity index (χ2v) is 6.17. The zero-order valence-electron chi connectivity index (χ0n) is 10.1. The van der Waals surface area contributed by atoms with Gasteiger partial charge in [-0.2, -0.15) is 13.2 Å². The predicted octanol–water partition coefficient (Wildman–Crippen LogP) is 3.53. The highest BCUT2D eigenvalue weighted by Gasteiger charge is 2.67. The first-order valence-electron chi connectivity index (χ1n) is 5.52. The maximum absolute atomic E-state index is 13.5. The molecule has 0 saturated heterocycles. The van der Waals surface area contributed by atoms with Crippen LogP contribution in [0.3, 0.4) is 0 Å². The van der Waals surface area contributed by atoms with Crippen molar-refractivity contribution in [2.45, 2.75) is 23.4 Å². The van der Waals surface area contributed by atoms with Gasteiger partial charge in [-0.3, -0.25) is 4.79 Å². The maximum Gasteiger partial charge on any atom is 0.419 e. The van der Waals surface area contributed by atoms with E-state index >= 15 is 0 Å². The molecule has 1 amide bonds. The van der Waals surface area contributed by atoms with Crippen LogP contribution >= 0.6 is 23.2 Å². The third-order valence-corrected chi connectivity index (χ3v) is 4.24. The number of hydrogen-bond acceptors (Lipinski definition) is 1. The molecule has 8 heteroatoms. The van der Waals surface area contributed by atoms with Crippen molar-refractivity contribution in [1.29, 1.82) is 0 Å². The van der Waals surface area contributed by atoms with Gasteiger partial charge in [-0.25, -0.2) is 4.39 Å². The number of rotatable bonds is 2. The Morgan fingerprint density at radius 1 is 1.35 bits per heavy atom. The van der Waals surface area contributed by atoms with Gasteiger partial charge >= 0.3 is 6.18 Å². The average molecular weight is 330 g/mol. The molecular formula is C12H9Cl2F4NO. The van der Waals surface area contributed by atoms with Crippen LogP contribution in [0.25, 0.3) is 0 Å². The molecule has 0 heterocycles. The average Bonchev–Trinajstić information content (AvgIpc) is 2.84. The van der Waals surface area contributed by atoms with E-state index in [0.717, 1.165) is 0 Å². The second-order valence-electron chi connectivity index (χ2n) is 4.73. The van der Waals surface area contributed by atoms with E-state index in [-0.39, 0.29) is 11.1 Å². The van der Waals surface area contributed by atoms with Gasteiger partial charge in [-0.1, -0.05) is 6.07 Å². The number of benzene rings is 1. The first-order chi connectivity index (χ1) is 8.98. The molecule has 20 heavy (non-hydrogen) atoms. The molecule has 1 aromatic carbocycles. The fourth-order valence-corrected chi connectivity index (χ4v) is 3.12. The van der Waals surface area contributed by atoms with Gasteiger partial charge in [0.2, 0.25) is 5.91 Å². The van der Waals surface area contributed by atoms with Crippen molar-refractivity contribution < 1.29 is 22.4 Å². The van der Waals surface area contributed by atoms with Gasteiger partial charge in [0.1, 0.15) is 10.2 Å². The van der Waals surface area contributed by atoms with E-state index in [0.29, 0.717) is 6.07 Å². The normalized spacial score (nSPS) is 24.6. The maximum atomic E-state index is 13.5. The Bertz CT molecular complexity index is 586. The minimum atomic E-state index is -4.84.